The molecule has 0 saturated carbocycles. The maximum atomic E-state index is 5.59. The second kappa shape index (κ2) is 15.9. The van der Waals surface area contributed by atoms with E-state index in [4.69, 9.17) is 10.7 Å². The van der Waals surface area contributed by atoms with Crippen molar-refractivity contribution in [3.8, 4) is 0 Å². The molecule has 142 valence electrons. The molecule has 1 heterocycles. The number of hydrogen-bond donors (Lipinski definition) is 2. The van der Waals surface area contributed by atoms with E-state index in [-0.39, 0.29) is 0 Å². The highest BCUT2D eigenvalue weighted by Gasteiger charge is 2.14. The van der Waals surface area contributed by atoms with Gasteiger partial charge in [0.2, 0.25) is 0 Å². The molecular weight excluding hydrogens is 294 g/mol. The summed E-state index contributed by atoms with van der Waals surface area (Å²) in [6, 6.07) is 0.441. The van der Waals surface area contributed by atoms with Gasteiger partial charge in [0.05, 0.1) is 11.9 Å². The molecule has 1 rings (SSSR count). The Hall–Kier alpha value is -0.570. The average molecular weight is 338 g/mol. The van der Waals surface area contributed by atoms with Crippen molar-refractivity contribution in [1.82, 2.24) is 5.32 Å². The Kier molecular flexibility index (Phi) is 14.3. The molecule has 0 aromatic carbocycles. The van der Waals surface area contributed by atoms with Gasteiger partial charge in [-0.25, -0.2) is 0 Å². The average Bonchev–Trinajstić information content (AvgIpc) is 3.03. The minimum atomic E-state index is 0.441. The van der Waals surface area contributed by atoms with Gasteiger partial charge in [-0.15, -0.1) is 0 Å². The molecule has 3 nitrogen and oxygen atoms in total. The summed E-state index contributed by atoms with van der Waals surface area (Å²) >= 11 is 0. The van der Waals surface area contributed by atoms with Crippen LogP contribution in [0.1, 0.15) is 110 Å². The predicted octanol–water partition coefficient (Wildman–Crippen LogP) is 5.58. The Morgan fingerprint density at radius 3 is 1.83 bits per heavy atom. The van der Waals surface area contributed by atoms with Gasteiger partial charge in [0.25, 0.3) is 0 Å². The van der Waals surface area contributed by atoms with Crippen molar-refractivity contribution < 1.29 is 0 Å². The second-order valence-corrected chi connectivity index (χ2v) is 7.53. The molecule has 1 aliphatic heterocycles. The highest BCUT2D eigenvalue weighted by molar-refractivity contribution is 5.83. The quantitative estimate of drug-likeness (QED) is 0.341. The normalized spacial score (nSPS) is 17.1. The molecule has 24 heavy (non-hydrogen) atoms. The summed E-state index contributed by atoms with van der Waals surface area (Å²) in [4.78, 5) is 4.70. The summed E-state index contributed by atoms with van der Waals surface area (Å²) in [7, 11) is 0. The van der Waals surface area contributed by atoms with Crippen LogP contribution in [0, 0.1) is 0 Å². The predicted molar refractivity (Wildman–Crippen MR) is 108 cm³/mol. The molecule has 1 aliphatic rings. The molecule has 0 aliphatic carbocycles. The van der Waals surface area contributed by atoms with E-state index in [1.807, 2.05) is 0 Å². The van der Waals surface area contributed by atoms with E-state index in [2.05, 4.69) is 12.2 Å². The van der Waals surface area contributed by atoms with Crippen molar-refractivity contribution in [1.29, 1.82) is 0 Å². The molecule has 0 amide bonds. The van der Waals surface area contributed by atoms with Crippen LogP contribution < -0.4 is 11.1 Å². The molecule has 0 fully saturated rings. The summed E-state index contributed by atoms with van der Waals surface area (Å²) in [5.74, 6) is 1.23. The highest BCUT2D eigenvalue weighted by Crippen LogP contribution is 2.14. The van der Waals surface area contributed by atoms with Gasteiger partial charge in [0, 0.05) is 13.0 Å². The number of nitrogens with zero attached hydrogens (tertiary/aromatic N) is 1. The third kappa shape index (κ3) is 11.9. The fraction of sp³-hybridized carbons (Fsp3) is 0.952. The number of aliphatic imine (C=N–C) groups is 1. The first-order chi connectivity index (χ1) is 11.9. The summed E-state index contributed by atoms with van der Waals surface area (Å²) < 4.78 is 0. The zero-order valence-electron chi connectivity index (χ0n) is 16.3. The van der Waals surface area contributed by atoms with Gasteiger partial charge in [-0.1, -0.05) is 90.4 Å². The van der Waals surface area contributed by atoms with Crippen molar-refractivity contribution in [2.45, 2.75) is 116 Å². The number of nitrogens with two attached hydrogens (primary N) is 1. The number of unbranched alkanes of at least 4 members (excludes halogenated alkanes) is 13. The van der Waals surface area contributed by atoms with E-state index in [0.717, 1.165) is 25.9 Å². The summed E-state index contributed by atoms with van der Waals surface area (Å²) in [5, 5.41) is 3.43. The van der Waals surface area contributed by atoms with E-state index in [9.17, 15) is 0 Å². The lowest BCUT2D eigenvalue weighted by Crippen LogP contribution is -2.22. The lowest BCUT2D eigenvalue weighted by Gasteiger charge is -2.04. The van der Waals surface area contributed by atoms with Gasteiger partial charge >= 0.3 is 0 Å². The largest absolute Gasteiger partial charge is 0.372 e. The van der Waals surface area contributed by atoms with Gasteiger partial charge in [-0.2, -0.15) is 0 Å². The molecule has 0 saturated heterocycles. The number of nitrogens with one attached hydrogen (secondary N) is 1. The van der Waals surface area contributed by atoms with Crippen LogP contribution in [0.25, 0.3) is 0 Å². The molecule has 0 radical (unpaired) electrons. The summed E-state index contributed by atoms with van der Waals surface area (Å²) in [6.45, 7) is 4.05. The van der Waals surface area contributed by atoms with E-state index >= 15 is 0 Å². The molecular formula is C21H43N3. The maximum absolute atomic E-state index is 5.59. The third-order valence-corrected chi connectivity index (χ3v) is 5.15. The molecule has 1 unspecified atom stereocenters. The van der Waals surface area contributed by atoms with Crippen LogP contribution in [-0.4, -0.2) is 25.0 Å². The highest BCUT2D eigenvalue weighted by atomic mass is 15.1. The van der Waals surface area contributed by atoms with Crippen molar-refractivity contribution in [2.75, 3.05) is 13.1 Å². The first-order valence-corrected chi connectivity index (χ1v) is 10.9. The Morgan fingerprint density at radius 2 is 1.33 bits per heavy atom. The van der Waals surface area contributed by atoms with Gasteiger partial charge < -0.3 is 11.1 Å². The first-order valence-electron chi connectivity index (χ1n) is 10.9. The Bertz CT molecular complexity index is 301. The standard InChI is InChI=1S/C21H43N3/c1-2-3-4-5-6-7-8-9-10-11-12-13-14-15-16-21-23-19-20(24-21)17-18-22/h20H,2-19,22H2,1H3,(H,23,24). The number of hydrogen-bond acceptors (Lipinski definition) is 3. The van der Waals surface area contributed by atoms with Crippen LogP contribution in [0.2, 0.25) is 0 Å². The van der Waals surface area contributed by atoms with Crippen LogP contribution in [0.3, 0.4) is 0 Å². The fourth-order valence-electron chi connectivity index (χ4n) is 3.55. The van der Waals surface area contributed by atoms with Crippen LogP contribution in [0.4, 0.5) is 0 Å². The smallest absolute Gasteiger partial charge is 0.0968 e. The number of amidine groups is 1. The van der Waals surface area contributed by atoms with Gasteiger partial charge in [-0.3, -0.25) is 4.99 Å². The third-order valence-electron chi connectivity index (χ3n) is 5.15. The minimum Gasteiger partial charge on any atom is -0.372 e. The lowest BCUT2D eigenvalue weighted by atomic mass is 10.0. The Labute approximate surface area is 151 Å². The number of rotatable bonds is 17. The SMILES string of the molecule is CCCCCCCCCCCCCCCCC1=NC(CCN)CN1. The summed E-state index contributed by atoms with van der Waals surface area (Å²) in [6.07, 6.45) is 22.1. The van der Waals surface area contributed by atoms with Crippen molar-refractivity contribution in [2.24, 2.45) is 10.7 Å². The zero-order chi connectivity index (χ0) is 17.3. The van der Waals surface area contributed by atoms with Gasteiger partial charge in [0.1, 0.15) is 0 Å². The van der Waals surface area contributed by atoms with E-state index in [1.165, 1.54) is 95.7 Å². The lowest BCUT2D eigenvalue weighted by molar-refractivity contribution is 0.536. The molecule has 1 atom stereocenters. The van der Waals surface area contributed by atoms with Crippen molar-refractivity contribution in [3.63, 3.8) is 0 Å². The molecule has 3 heteroatoms. The minimum absolute atomic E-state index is 0.441. The van der Waals surface area contributed by atoms with Crippen molar-refractivity contribution in [3.05, 3.63) is 0 Å². The fourth-order valence-corrected chi connectivity index (χ4v) is 3.55. The zero-order valence-corrected chi connectivity index (χ0v) is 16.3. The van der Waals surface area contributed by atoms with E-state index < -0.39 is 0 Å². The van der Waals surface area contributed by atoms with E-state index in [1.54, 1.807) is 0 Å². The van der Waals surface area contributed by atoms with Gasteiger partial charge in [-0.05, 0) is 19.4 Å². The maximum Gasteiger partial charge on any atom is 0.0968 e. The van der Waals surface area contributed by atoms with Crippen LogP contribution in [0.5, 0.6) is 0 Å². The molecule has 0 spiro atoms. The van der Waals surface area contributed by atoms with Crippen LogP contribution in [0.15, 0.2) is 4.99 Å². The topological polar surface area (TPSA) is 50.4 Å². The molecule has 0 aromatic rings. The van der Waals surface area contributed by atoms with Crippen LogP contribution >= 0.6 is 0 Å². The Morgan fingerprint density at radius 1 is 0.833 bits per heavy atom. The monoisotopic (exact) mass is 337 g/mol. The van der Waals surface area contributed by atoms with E-state index in [0.29, 0.717) is 6.04 Å². The van der Waals surface area contributed by atoms with Crippen LogP contribution in [-0.2, 0) is 0 Å². The second-order valence-electron chi connectivity index (χ2n) is 7.53. The molecule has 0 aromatic heterocycles. The molecule has 3 N–H and O–H groups in total. The molecule has 0 bridgehead atoms. The van der Waals surface area contributed by atoms with Gasteiger partial charge in [0.15, 0.2) is 0 Å². The summed E-state index contributed by atoms with van der Waals surface area (Å²) in [5.41, 5.74) is 5.59. The van der Waals surface area contributed by atoms with Crippen molar-refractivity contribution >= 4 is 5.84 Å². The first kappa shape index (κ1) is 21.5. The Balaban J connectivity index is 1.76.